The largest absolute Gasteiger partial charge is 0.355 e. The molecule has 2 saturated heterocycles. The van der Waals surface area contributed by atoms with Crippen LogP contribution in [0.1, 0.15) is 18.4 Å². The monoisotopic (exact) mass is 512 g/mol. The number of benzene rings is 1. The van der Waals surface area contributed by atoms with Crippen LogP contribution < -0.4 is 10.5 Å². The lowest BCUT2D eigenvalue weighted by Gasteiger charge is -2.38. The van der Waals surface area contributed by atoms with Crippen molar-refractivity contribution in [2.45, 2.75) is 23.5 Å². The fourth-order valence-electron chi connectivity index (χ4n) is 4.35. The maximum absolute atomic E-state index is 13.5. The van der Waals surface area contributed by atoms with Crippen LogP contribution in [0.25, 0.3) is 11.7 Å². The maximum atomic E-state index is 13.5. The van der Waals surface area contributed by atoms with E-state index in [1.807, 2.05) is 4.90 Å². The van der Waals surface area contributed by atoms with Gasteiger partial charge in [0.1, 0.15) is 22.4 Å². The molecule has 11 heteroatoms. The van der Waals surface area contributed by atoms with Crippen LogP contribution in [0.4, 0.5) is 5.82 Å². The van der Waals surface area contributed by atoms with Gasteiger partial charge in [-0.2, -0.15) is 5.26 Å². The summed E-state index contributed by atoms with van der Waals surface area (Å²) >= 11 is 5.88. The molecule has 9 nitrogen and oxygen atoms in total. The third-order valence-corrected chi connectivity index (χ3v) is 8.12. The van der Waals surface area contributed by atoms with E-state index in [2.05, 4.69) is 4.98 Å². The summed E-state index contributed by atoms with van der Waals surface area (Å²) in [4.78, 5) is 19.4. The Balaban J connectivity index is 1.62. The first-order valence-corrected chi connectivity index (χ1v) is 12.9. The molecule has 0 bridgehead atoms. The summed E-state index contributed by atoms with van der Waals surface area (Å²) in [6.07, 6.45) is 3.80. The fourth-order valence-corrected chi connectivity index (χ4v) is 5.61. The van der Waals surface area contributed by atoms with Crippen molar-refractivity contribution in [2.75, 3.05) is 31.2 Å². The predicted octanol–water partition coefficient (Wildman–Crippen LogP) is 3.03. The minimum Gasteiger partial charge on any atom is -0.355 e. The van der Waals surface area contributed by atoms with E-state index >= 15 is 0 Å². The molecule has 5 rings (SSSR count). The van der Waals surface area contributed by atoms with Gasteiger partial charge >= 0.3 is 0 Å². The van der Waals surface area contributed by atoms with Crippen molar-refractivity contribution in [3.63, 3.8) is 0 Å². The van der Waals surface area contributed by atoms with E-state index in [1.165, 1.54) is 28.7 Å². The second-order valence-electron chi connectivity index (χ2n) is 8.26. The lowest BCUT2D eigenvalue weighted by atomic mass is 10.0. The molecule has 2 aromatic heterocycles. The van der Waals surface area contributed by atoms with E-state index in [0.29, 0.717) is 55.6 Å². The van der Waals surface area contributed by atoms with Gasteiger partial charge in [0.25, 0.3) is 5.56 Å². The Morgan fingerprint density at radius 3 is 2.46 bits per heavy atom. The van der Waals surface area contributed by atoms with Crippen LogP contribution in [0.2, 0.25) is 5.02 Å². The van der Waals surface area contributed by atoms with E-state index in [0.717, 1.165) is 6.08 Å². The van der Waals surface area contributed by atoms with Crippen LogP contribution in [0.5, 0.6) is 0 Å². The number of anilines is 1. The standard InChI is InChI=1S/C24H21ClN4O5S/c25-17-4-6-18(7-5-17)35(31,32)19(16-26)15-20-22(27-21-3-1-2-10-29(21)23(20)30)28-11-8-24(9-12-28)33-13-14-34-24/h1-7,10,15H,8-9,11-14H2/b19-15-. The molecule has 35 heavy (non-hydrogen) atoms. The van der Waals surface area contributed by atoms with Crippen molar-refractivity contribution in [2.24, 2.45) is 0 Å². The number of sulfone groups is 1. The van der Waals surface area contributed by atoms with Crippen LogP contribution in [-0.4, -0.2) is 49.9 Å². The van der Waals surface area contributed by atoms with E-state index < -0.39 is 26.1 Å². The van der Waals surface area contributed by atoms with Crippen LogP contribution in [0, 0.1) is 11.3 Å². The molecule has 1 spiro atoms. The van der Waals surface area contributed by atoms with Crippen LogP contribution >= 0.6 is 11.6 Å². The molecular formula is C24H21ClN4O5S. The van der Waals surface area contributed by atoms with E-state index in [9.17, 15) is 18.5 Å². The van der Waals surface area contributed by atoms with Crippen molar-refractivity contribution < 1.29 is 17.9 Å². The summed E-state index contributed by atoms with van der Waals surface area (Å²) in [6.45, 7) is 2.06. The number of nitriles is 1. The topological polar surface area (TPSA) is 114 Å². The van der Waals surface area contributed by atoms with Crippen LogP contribution in [-0.2, 0) is 19.3 Å². The molecule has 0 atom stereocenters. The molecule has 0 aliphatic carbocycles. The summed E-state index contributed by atoms with van der Waals surface area (Å²) in [6, 6.07) is 12.4. The molecule has 2 aliphatic rings. The third kappa shape index (κ3) is 4.32. The molecule has 0 radical (unpaired) electrons. The molecule has 0 N–H and O–H groups in total. The van der Waals surface area contributed by atoms with Gasteiger partial charge in [-0.15, -0.1) is 0 Å². The molecule has 3 aromatic rings. The molecule has 180 valence electrons. The number of rotatable bonds is 4. The van der Waals surface area contributed by atoms with Gasteiger partial charge in [-0.3, -0.25) is 9.20 Å². The molecule has 2 aliphatic heterocycles. The Kier molecular flexibility index (Phi) is 6.11. The van der Waals surface area contributed by atoms with E-state index in [4.69, 9.17) is 21.1 Å². The first-order chi connectivity index (χ1) is 16.8. The number of pyridine rings is 1. The lowest BCUT2D eigenvalue weighted by Crippen LogP contribution is -2.46. The Morgan fingerprint density at radius 2 is 1.80 bits per heavy atom. The van der Waals surface area contributed by atoms with Crippen molar-refractivity contribution in [3.05, 3.63) is 74.5 Å². The molecular weight excluding hydrogens is 492 g/mol. The van der Waals surface area contributed by atoms with Gasteiger partial charge in [-0.1, -0.05) is 17.7 Å². The predicted molar refractivity (Wildman–Crippen MR) is 130 cm³/mol. The zero-order valence-corrected chi connectivity index (χ0v) is 20.1. The summed E-state index contributed by atoms with van der Waals surface area (Å²) < 4.78 is 39.3. The Labute approximate surface area is 206 Å². The highest BCUT2D eigenvalue weighted by Gasteiger charge is 2.40. The van der Waals surface area contributed by atoms with Gasteiger partial charge in [0.15, 0.2) is 5.79 Å². The number of hydrogen-bond acceptors (Lipinski definition) is 8. The number of nitrogens with zero attached hydrogens (tertiary/aromatic N) is 4. The Bertz CT molecular complexity index is 1510. The minimum absolute atomic E-state index is 0.0204. The van der Waals surface area contributed by atoms with Crippen molar-refractivity contribution in [1.82, 2.24) is 9.38 Å². The Morgan fingerprint density at radius 1 is 1.11 bits per heavy atom. The van der Waals surface area contributed by atoms with Crippen molar-refractivity contribution >= 4 is 39.0 Å². The number of ether oxygens (including phenoxy) is 2. The van der Waals surface area contributed by atoms with Gasteiger partial charge < -0.3 is 14.4 Å². The summed E-state index contributed by atoms with van der Waals surface area (Å²) in [5.41, 5.74) is -0.0392. The zero-order chi connectivity index (χ0) is 24.6. The highest BCUT2D eigenvalue weighted by atomic mass is 35.5. The molecule has 0 saturated carbocycles. The smallest absolute Gasteiger partial charge is 0.267 e. The van der Waals surface area contributed by atoms with Gasteiger partial charge in [-0.25, -0.2) is 13.4 Å². The molecule has 0 amide bonds. The highest BCUT2D eigenvalue weighted by molar-refractivity contribution is 7.95. The summed E-state index contributed by atoms with van der Waals surface area (Å²) in [5, 5.41) is 10.1. The number of allylic oxidation sites excluding steroid dienone is 1. The highest BCUT2D eigenvalue weighted by Crippen LogP contribution is 2.34. The molecule has 2 fully saturated rings. The number of fused-ring (bicyclic) bond motifs is 1. The normalized spacial score (nSPS) is 18.2. The van der Waals surface area contributed by atoms with Crippen molar-refractivity contribution in [3.8, 4) is 6.07 Å². The van der Waals surface area contributed by atoms with Gasteiger partial charge in [-0.05, 0) is 42.5 Å². The third-order valence-electron chi connectivity index (χ3n) is 6.19. The average molecular weight is 513 g/mol. The first-order valence-electron chi connectivity index (χ1n) is 11.0. The second kappa shape index (κ2) is 9.09. The summed E-state index contributed by atoms with van der Waals surface area (Å²) in [5.74, 6) is -0.318. The summed E-state index contributed by atoms with van der Waals surface area (Å²) in [7, 11) is -4.19. The Hall–Kier alpha value is -3.23. The van der Waals surface area contributed by atoms with Crippen LogP contribution in [0.3, 0.4) is 0 Å². The zero-order valence-electron chi connectivity index (χ0n) is 18.6. The minimum atomic E-state index is -4.19. The quantitative estimate of drug-likeness (QED) is 0.490. The molecule has 0 unspecified atom stereocenters. The number of halogens is 1. The van der Waals surface area contributed by atoms with Crippen LogP contribution in [0.15, 0.2) is 63.3 Å². The second-order valence-corrected chi connectivity index (χ2v) is 10.6. The number of hydrogen-bond donors (Lipinski definition) is 0. The van der Waals surface area contributed by atoms with Crippen molar-refractivity contribution in [1.29, 1.82) is 5.26 Å². The van der Waals surface area contributed by atoms with E-state index in [1.54, 1.807) is 30.5 Å². The average Bonchev–Trinajstić information content (AvgIpc) is 3.32. The first kappa shape index (κ1) is 23.5. The van der Waals surface area contributed by atoms with E-state index in [-0.39, 0.29) is 10.5 Å². The molecule has 1 aromatic carbocycles. The van der Waals surface area contributed by atoms with Gasteiger partial charge in [0.2, 0.25) is 9.84 Å². The molecule has 4 heterocycles. The van der Waals surface area contributed by atoms with Gasteiger partial charge in [0.05, 0.1) is 23.7 Å². The SMILES string of the molecule is N#C/C(=C/c1c(N2CCC3(CC2)OCCO3)nc2ccccn2c1=O)S(=O)(=O)c1ccc(Cl)cc1. The number of aromatic nitrogens is 2. The lowest BCUT2D eigenvalue weighted by molar-refractivity contribution is -0.169. The maximum Gasteiger partial charge on any atom is 0.267 e. The van der Waals surface area contributed by atoms with Gasteiger partial charge in [0, 0.05) is 37.2 Å². The fraction of sp³-hybridized carbons (Fsp3) is 0.292. The number of piperidine rings is 1.